The highest BCUT2D eigenvalue weighted by Gasteiger charge is 2.20. The van der Waals surface area contributed by atoms with Crippen molar-refractivity contribution in [2.75, 3.05) is 17.6 Å². The van der Waals surface area contributed by atoms with Crippen molar-refractivity contribution in [3.8, 4) is 11.1 Å². The Hall–Kier alpha value is -1.62. The van der Waals surface area contributed by atoms with E-state index in [1.807, 2.05) is 12.1 Å². The molecule has 0 aromatic carbocycles. The Balaban J connectivity index is 1.72. The van der Waals surface area contributed by atoms with Gasteiger partial charge in [0.15, 0.2) is 0 Å². The van der Waals surface area contributed by atoms with Crippen LogP contribution in [0.1, 0.15) is 32.6 Å². The Morgan fingerprint density at radius 2 is 2.14 bits per heavy atom. The molecule has 1 aliphatic carbocycles. The molecule has 2 aromatic rings. The fourth-order valence-corrected chi connectivity index (χ4v) is 3.95. The van der Waals surface area contributed by atoms with E-state index in [4.69, 9.17) is 5.73 Å². The monoisotopic (exact) mass is 302 g/mol. The molecule has 0 bridgehead atoms. The molecule has 3 N–H and O–H groups in total. The van der Waals surface area contributed by atoms with Gasteiger partial charge in [-0.2, -0.15) is 4.37 Å². The molecule has 2 unspecified atom stereocenters. The SMILES string of the molecule is CC1CCCC(CNc2snc(N)c2-c2ccncc2)C1. The van der Waals surface area contributed by atoms with Gasteiger partial charge in [0.2, 0.25) is 0 Å². The van der Waals surface area contributed by atoms with Gasteiger partial charge in [0.1, 0.15) is 10.8 Å². The molecule has 1 fully saturated rings. The van der Waals surface area contributed by atoms with Crippen molar-refractivity contribution in [3.63, 3.8) is 0 Å². The second-order valence-electron chi connectivity index (χ2n) is 6.03. The topological polar surface area (TPSA) is 63.8 Å². The zero-order valence-electron chi connectivity index (χ0n) is 12.4. The third kappa shape index (κ3) is 3.35. The molecule has 1 aliphatic rings. The average Bonchev–Trinajstić information content (AvgIpc) is 2.87. The first kappa shape index (κ1) is 14.3. The van der Waals surface area contributed by atoms with E-state index >= 15 is 0 Å². The molecule has 112 valence electrons. The summed E-state index contributed by atoms with van der Waals surface area (Å²) in [6.07, 6.45) is 8.97. The molecular weight excluding hydrogens is 280 g/mol. The van der Waals surface area contributed by atoms with Gasteiger partial charge in [-0.3, -0.25) is 4.98 Å². The van der Waals surface area contributed by atoms with E-state index in [1.165, 1.54) is 37.2 Å². The number of nitrogens with zero attached hydrogens (tertiary/aromatic N) is 2. The van der Waals surface area contributed by atoms with E-state index in [1.54, 1.807) is 12.4 Å². The largest absolute Gasteiger partial charge is 0.382 e. The maximum Gasteiger partial charge on any atom is 0.147 e. The number of nitrogens with two attached hydrogens (primary N) is 1. The molecule has 0 saturated heterocycles. The zero-order chi connectivity index (χ0) is 14.7. The molecular formula is C16H22N4S. The van der Waals surface area contributed by atoms with Crippen LogP contribution in [0.2, 0.25) is 0 Å². The summed E-state index contributed by atoms with van der Waals surface area (Å²) in [4.78, 5) is 4.06. The average molecular weight is 302 g/mol. The second-order valence-corrected chi connectivity index (χ2v) is 6.80. The summed E-state index contributed by atoms with van der Waals surface area (Å²) in [6, 6.07) is 3.96. The zero-order valence-corrected chi connectivity index (χ0v) is 13.2. The summed E-state index contributed by atoms with van der Waals surface area (Å²) in [5.41, 5.74) is 8.14. The number of anilines is 2. The van der Waals surface area contributed by atoms with Gasteiger partial charge in [-0.15, -0.1) is 0 Å². The predicted molar refractivity (Wildman–Crippen MR) is 89.4 cm³/mol. The highest BCUT2D eigenvalue weighted by atomic mass is 32.1. The highest BCUT2D eigenvalue weighted by molar-refractivity contribution is 7.11. The normalized spacial score (nSPS) is 22.1. The van der Waals surface area contributed by atoms with Gasteiger partial charge in [0.25, 0.3) is 0 Å². The minimum Gasteiger partial charge on any atom is -0.382 e. The first-order chi connectivity index (χ1) is 10.2. The van der Waals surface area contributed by atoms with Crippen molar-refractivity contribution < 1.29 is 0 Å². The summed E-state index contributed by atoms with van der Waals surface area (Å²) in [7, 11) is 0. The Labute approximate surface area is 130 Å². The molecule has 0 aliphatic heterocycles. The van der Waals surface area contributed by atoms with Crippen LogP contribution < -0.4 is 11.1 Å². The van der Waals surface area contributed by atoms with Crippen LogP contribution in [0.5, 0.6) is 0 Å². The van der Waals surface area contributed by atoms with E-state index < -0.39 is 0 Å². The van der Waals surface area contributed by atoms with Gasteiger partial charge in [0, 0.05) is 18.9 Å². The van der Waals surface area contributed by atoms with Gasteiger partial charge in [-0.05, 0) is 53.9 Å². The van der Waals surface area contributed by atoms with Crippen LogP contribution >= 0.6 is 11.5 Å². The summed E-state index contributed by atoms with van der Waals surface area (Å²) < 4.78 is 4.31. The summed E-state index contributed by atoms with van der Waals surface area (Å²) >= 11 is 1.45. The minimum absolute atomic E-state index is 0.603. The molecule has 0 amide bonds. The van der Waals surface area contributed by atoms with Crippen LogP contribution in [0.3, 0.4) is 0 Å². The first-order valence-corrected chi connectivity index (χ1v) is 8.40. The third-order valence-electron chi connectivity index (χ3n) is 4.28. The standard InChI is InChI=1S/C16H22N4S/c1-11-3-2-4-12(9-11)10-19-16-14(15(17)20-21-16)13-5-7-18-8-6-13/h5-8,11-12,19H,2-4,9-10H2,1H3,(H2,17,20). The Kier molecular flexibility index (Phi) is 4.39. The number of rotatable bonds is 4. The molecule has 2 aromatic heterocycles. The van der Waals surface area contributed by atoms with Crippen molar-refractivity contribution >= 4 is 22.4 Å². The summed E-state index contributed by atoms with van der Waals surface area (Å²) in [5, 5.41) is 4.66. The number of aromatic nitrogens is 2. The predicted octanol–water partition coefficient (Wildman–Crippen LogP) is 4.03. The Bertz CT molecular complexity index is 581. The molecule has 0 radical (unpaired) electrons. The smallest absolute Gasteiger partial charge is 0.147 e. The number of nitrogen functional groups attached to an aromatic ring is 1. The number of pyridine rings is 1. The maximum atomic E-state index is 6.04. The molecule has 2 heterocycles. The second kappa shape index (κ2) is 6.43. The van der Waals surface area contributed by atoms with Crippen LogP contribution in [-0.2, 0) is 0 Å². The van der Waals surface area contributed by atoms with Crippen molar-refractivity contribution in [1.82, 2.24) is 9.36 Å². The molecule has 3 rings (SSSR count). The number of hydrogen-bond acceptors (Lipinski definition) is 5. The van der Waals surface area contributed by atoms with Crippen LogP contribution in [0.4, 0.5) is 10.8 Å². The third-order valence-corrected chi connectivity index (χ3v) is 5.10. The summed E-state index contributed by atoms with van der Waals surface area (Å²) in [6.45, 7) is 3.38. The lowest BCUT2D eigenvalue weighted by Gasteiger charge is -2.27. The molecule has 21 heavy (non-hydrogen) atoms. The van der Waals surface area contributed by atoms with Crippen LogP contribution in [0, 0.1) is 11.8 Å². The van der Waals surface area contributed by atoms with Crippen molar-refractivity contribution in [2.24, 2.45) is 11.8 Å². The van der Waals surface area contributed by atoms with Crippen molar-refractivity contribution in [3.05, 3.63) is 24.5 Å². The first-order valence-electron chi connectivity index (χ1n) is 7.63. The molecule has 5 heteroatoms. The van der Waals surface area contributed by atoms with Crippen molar-refractivity contribution in [2.45, 2.75) is 32.6 Å². The molecule has 0 spiro atoms. The lowest BCUT2D eigenvalue weighted by Crippen LogP contribution is -2.20. The molecule has 2 atom stereocenters. The minimum atomic E-state index is 0.603. The number of hydrogen-bond donors (Lipinski definition) is 2. The van der Waals surface area contributed by atoms with E-state index in [0.29, 0.717) is 5.82 Å². The Morgan fingerprint density at radius 1 is 1.33 bits per heavy atom. The van der Waals surface area contributed by atoms with E-state index in [2.05, 4.69) is 21.6 Å². The van der Waals surface area contributed by atoms with Crippen LogP contribution in [0.25, 0.3) is 11.1 Å². The number of nitrogens with one attached hydrogen (secondary N) is 1. The summed E-state index contributed by atoms with van der Waals surface area (Å²) in [5.74, 6) is 2.23. The Morgan fingerprint density at radius 3 is 2.90 bits per heavy atom. The lowest BCUT2D eigenvalue weighted by molar-refractivity contribution is 0.293. The molecule has 1 saturated carbocycles. The van der Waals surface area contributed by atoms with Gasteiger partial charge >= 0.3 is 0 Å². The van der Waals surface area contributed by atoms with Crippen molar-refractivity contribution in [1.29, 1.82) is 0 Å². The maximum absolute atomic E-state index is 6.04. The van der Waals surface area contributed by atoms with E-state index in [-0.39, 0.29) is 0 Å². The van der Waals surface area contributed by atoms with Gasteiger partial charge in [-0.25, -0.2) is 0 Å². The fourth-order valence-electron chi connectivity index (χ4n) is 3.20. The van der Waals surface area contributed by atoms with E-state index in [0.717, 1.165) is 34.5 Å². The van der Waals surface area contributed by atoms with Crippen LogP contribution in [0.15, 0.2) is 24.5 Å². The quantitative estimate of drug-likeness (QED) is 0.895. The van der Waals surface area contributed by atoms with Crippen LogP contribution in [-0.4, -0.2) is 15.9 Å². The van der Waals surface area contributed by atoms with Gasteiger partial charge in [-0.1, -0.05) is 19.8 Å². The van der Waals surface area contributed by atoms with E-state index in [9.17, 15) is 0 Å². The highest BCUT2D eigenvalue weighted by Crippen LogP contribution is 2.37. The lowest BCUT2D eigenvalue weighted by atomic mass is 9.82. The van der Waals surface area contributed by atoms with Gasteiger partial charge in [0.05, 0.1) is 5.56 Å². The fraction of sp³-hybridized carbons (Fsp3) is 0.500. The molecule has 4 nitrogen and oxygen atoms in total. The van der Waals surface area contributed by atoms with Gasteiger partial charge < -0.3 is 11.1 Å².